The molecule has 2 rings (SSSR count). The molecule has 0 radical (unpaired) electrons. The molecule has 0 spiro atoms. The van der Waals surface area contributed by atoms with Crippen LogP contribution in [0, 0.1) is 0 Å². The molecule has 0 aliphatic rings. The number of aliphatic hydroxyl groups is 1. The van der Waals surface area contributed by atoms with Crippen molar-refractivity contribution >= 4 is 23.2 Å². The Bertz CT molecular complexity index is 626. The van der Waals surface area contributed by atoms with E-state index in [0.29, 0.717) is 28.0 Å². The lowest BCUT2D eigenvalue weighted by molar-refractivity contribution is 0.219. The van der Waals surface area contributed by atoms with Crippen LogP contribution in [0.2, 0.25) is 10.0 Å². The van der Waals surface area contributed by atoms with E-state index in [2.05, 4.69) is 6.92 Å². The minimum absolute atomic E-state index is 0.446. The third-order valence-corrected chi connectivity index (χ3v) is 4.00. The Balaban J connectivity index is 2.44. The highest BCUT2D eigenvalue weighted by atomic mass is 35.5. The molecule has 0 amide bonds. The molecule has 0 fully saturated rings. The van der Waals surface area contributed by atoms with E-state index in [-0.39, 0.29) is 0 Å². The summed E-state index contributed by atoms with van der Waals surface area (Å²) in [6.45, 7) is 4.44. The van der Waals surface area contributed by atoms with E-state index in [1.807, 2.05) is 31.2 Å². The van der Waals surface area contributed by atoms with Crippen LogP contribution in [0.4, 0.5) is 0 Å². The molecule has 4 heteroatoms. The van der Waals surface area contributed by atoms with Crippen LogP contribution in [0.5, 0.6) is 5.75 Å². The fraction of sp³-hybridized carbons (Fsp3) is 0.294. The average molecular weight is 325 g/mol. The number of benzene rings is 2. The van der Waals surface area contributed by atoms with E-state index in [4.69, 9.17) is 27.9 Å². The normalized spacial score (nSPS) is 12.2. The molecule has 2 aromatic rings. The monoisotopic (exact) mass is 324 g/mol. The fourth-order valence-corrected chi connectivity index (χ4v) is 2.79. The molecule has 1 atom stereocenters. The van der Waals surface area contributed by atoms with Crippen molar-refractivity contribution in [2.75, 3.05) is 6.61 Å². The summed E-state index contributed by atoms with van der Waals surface area (Å²) in [4.78, 5) is 0. The highest BCUT2D eigenvalue weighted by Gasteiger charge is 2.19. The second-order valence-electron chi connectivity index (χ2n) is 4.69. The molecule has 112 valence electrons. The molecule has 0 bridgehead atoms. The van der Waals surface area contributed by atoms with Crippen molar-refractivity contribution in [2.45, 2.75) is 26.4 Å². The molecule has 0 aliphatic heterocycles. The van der Waals surface area contributed by atoms with Gasteiger partial charge in [-0.3, -0.25) is 0 Å². The maximum atomic E-state index is 10.6. The van der Waals surface area contributed by atoms with Gasteiger partial charge in [-0.15, -0.1) is 0 Å². The minimum atomic E-state index is -0.804. The van der Waals surface area contributed by atoms with Crippen molar-refractivity contribution in [2.24, 2.45) is 0 Å². The molecule has 2 aromatic carbocycles. The third-order valence-electron chi connectivity index (χ3n) is 3.38. The fourth-order valence-electron chi connectivity index (χ4n) is 2.31. The van der Waals surface area contributed by atoms with Crippen LogP contribution in [0.15, 0.2) is 36.4 Å². The van der Waals surface area contributed by atoms with Crippen LogP contribution in [0.25, 0.3) is 0 Å². The summed E-state index contributed by atoms with van der Waals surface area (Å²) >= 11 is 12.5. The van der Waals surface area contributed by atoms with Crippen LogP contribution in [0.1, 0.15) is 36.6 Å². The smallest absolute Gasteiger partial charge is 0.139 e. The van der Waals surface area contributed by atoms with Crippen molar-refractivity contribution in [3.63, 3.8) is 0 Å². The molecular weight excluding hydrogens is 307 g/mol. The molecule has 21 heavy (non-hydrogen) atoms. The van der Waals surface area contributed by atoms with Gasteiger partial charge in [0, 0.05) is 11.6 Å². The van der Waals surface area contributed by atoms with Gasteiger partial charge in [-0.05, 0) is 30.5 Å². The Morgan fingerprint density at radius 1 is 1.05 bits per heavy atom. The molecule has 0 aliphatic carbocycles. The van der Waals surface area contributed by atoms with Crippen LogP contribution >= 0.6 is 23.2 Å². The number of aliphatic hydroxyl groups excluding tert-OH is 1. The lowest BCUT2D eigenvalue weighted by Gasteiger charge is -2.18. The lowest BCUT2D eigenvalue weighted by atomic mass is 9.95. The van der Waals surface area contributed by atoms with Crippen LogP contribution < -0.4 is 4.74 Å². The SMILES string of the molecule is CCOc1cc(Cl)c(C(O)c2ccccc2CC)cc1Cl. The Morgan fingerprint density at radius 3 is 2.43 bits per heavy atom. The quantitative estimate of drug-likeness (QED) is 0.835. The van der Waals surface area contributed by atoms with E-state index in [9.17, 15) is 5.11 Å². The van der Waals surface area contributed by atoms with Gasteiger partial charge < -0.3 is 9.84 Å². The van der Waals surface area contributed by atoms with Crippen molar-refractivity contribution in [1.29, 1.82) is 0 Å². The van der Waals surface area contributed by atoms with E-state index >= 15 is 0 Å². The van der Waals surface area contributed by atoms with Gasteiger partial charge in [-0.25, -0.2) is 0 Å². The summed E-state index contributed by atoms with van der Waals surface area (Å²) in [7, 11) is 0. The molecule has 0 aromatic heterocycles. The standard InChI is InChI=1S/C17H18Cl2O2/c1-3-11-7-5-6-8-12(11)17(20)13-9-15(19)16(21-4-2)10-14(13)18/h5-10,17,20H,3-4H2,1-2H3. The summed E-state index contributed by atoms with van der Waals surface area (Å²) in [6, 6.07) is 11.1. The Labute approximate surface area is 135 Å². The Kier molecular flexibility index (Phi) is 5.51. The van der Waals surface area contributed by atoms with E-state index in [0.717, 1.165) is 17.5 Å². The molecule has 1 N–H and O–H groups in total. The van der Waals surface area contributed by atoms with Crippen molar-refractivity contribution in [1.82, 2.24) is 0 Å². The van der Waals surface area contributed by atoms with Crippen molar-refractivity contribution in [3.8, 4) is 5.75 Å². The average Bonchev–Trinajstić information content (AvgIpc) is 2.50. The molecule has 2 nitrogen and oxygen atoms in total. The number of halogens is 2. The Hall–Kier alpha value is -1.22. The maximum Gasteiger partial charge on any atom is 0.139 e. The highest BCUT2D eigenvalue weighted by molar-refractivity contribution is 6.34. The predicted octanol–water partition coefficient (Wildman–Crippen LogP) is 5.04. The van der Waals surface area contributed by atoms with Gasteiger partial charge in [-0.2, -0.15) is 0 Å². The van der Waals surface area contributed by atoms with Crippen molar-refractivity contribution in [3.05, 3.63) is 63.1 Å². The Morgan fingerprint density at radius 2 is 1.76 bits per heavy atom. The van der Waals surface area contributed by atoms with E-state index in [1.54, 1.807) is 12.1 Å². The summed E-state index contributed by atoms with van der Waals surface area (Å²) in [5.41, 5.74) is 2.53. The largest absolute Gasteiger partial charge is 0.492 e. The molecule has 0 saturated carbocycles. The molecule has 0 heterocycles. The summed E-state index contributed by atoms with van der Waals surface area (Å²) < 4.78 is 5.40. The first kappa shape index (κ1) is 16.2. The van der Waals surface area contributed by atoms with Crippen LogP contribution in [0.3, 0.4) is 0 Å². The van der Waals surface area contributed by atoms with Gasteiger partial charge in [-0.1, -0.05) is 54.4 Å². The summed E-state index contributed by atoms with van der Waals surface area (Å²) in [5, 5.41) is 11.5. The van der Waals surface area contributed by atoms with Gasteiger partial charge in [0.25, 0.3) is 0 Å². The van der Waals surface area contributed by atoms with Crippen molar-refractivity contribution < 1.29 is 9.84 Å². The number of hydrogen-bond acceptors (Lipinski definition) is 2. The highest BCUT2D eigenvalue weighted by Crippen LogP contribution is 2.37. The van der Waals surface area contributed by atoms with Crippen LogP contribution in [-0.2, 0) is 6.42 Å². The van der Waals surface area contributed by atoms with E-state index < -0.39 is 6.10 Å². The zero-order chi connectivity index (χ0) is 15.4. The number of aryl methyl sites for hydroxylation is 1. The summed E-state index contributed by atoms with van der Waals surface area (Å²) in [6.07, 6.45) is 0.0390. The topological polar surface area (TPSA) is 29.5 Å². The van der Waals surface area contributed by atoms with Gasteiger partial charge in [0.05, 0.1) is 16.7 Å². The lowest BCUT2D eigenvalue weighted by Crippen LogP contribution is -2.05. The van der Waals surface area contributed by atoms with Gasteiger partial charge >= 0.3 is 0 Å². The molecule has 0 saturated heterocycles. The summed E-state index contributed by atoms with van der Waals surface area (Å²) in [5.74, 6) is 0.531. The first-order chi connectivity index (χ1) is 10.1. The minimum Gasteiger partial charge on any atom is -0.492 e. The predicted molar refractivity (Wildman–Crippen MR) is 87.5 cm³/mol. The van der Waals surface area contributed by atoms with Gasteiger partial charge in [0.2, 0.25) is 0 Å². The number of hydrogen-bond donors (Lipinski definition) is 1. The van der Waals surface area contributed by atoms with Crippen LogP contribution in [-0.4, -0.2) is 11.7 Å². The molecular formula is C17H18Cl2O2. The second-order valence-corrected chi connectivity index (χ2v) is 5.51. The first-order valence-electron chi connectivity index (χ1n) is 6.96. The van der Waals surface area contributed by atoms with E-state index in [1.165, 1.54) is 0 Å². The van der Waals surface area contributed by atoms with Gasteiger partial charge in [0.15, 0.2) is 0 Å². The molecule has 1 unspecified atom stereocenters. The zero-order valence-corrected chi connectivity index (χ0v) is 13.6. The first-order valence-corrected chi connectivity index (χ1v) is 7.71. The van der Waals surface area contributed by atoms with Gasteiger partial charge in [0.1, 0.15) is 11.9 Å². The number of rotatable bonds is 5. The maximum absolute atomic E-state index is 10.6. The second kappa shape index (κ2) is 7.17. The zero-order valence-electron chi connectivity index (χ0n) is 12.1. The third kappa shape index (κ3) is 3.52. The number of ether oxygens (including phenoxy) is 1.